The molecule has 0 heterocycles. The summed E-state index contributed by atoms with van der Waals surface area (Å²) in [6.07, 6.45) is 0. The Hall–Kier alpha value is -2.07. The minimum Gasteiger partial charge on any atom is -0.350 e. The molecule has 2 aromatic carbocycles. The van der Waals surface area contributed by atoms with Gasteiger partial charge < -0.3 is 5.32 Å². The third kappa shape index (κ3) is 3.52. The van der Waals surface area contributed by atoms with Crippen LogP contribution < -0.4 is 5.32 Å². The van der Waals surface area contributed by atoms with E-state index in [1.807, 2.05) is 24.3 Å². The summed E-state index contributed by atoms with van der Waals surface area (Å²) in [5.41, 5.74) is 2.33. The molecule has 0 amide bonds. The van der Waals surface area contributed by atoms with E-state index in [-0.39, 0.29) is 16.1 Å². The van der Waals surface area contributed by atoms with E-state index in [4.69, 9.17) is 11.6 Å². The molecule has 0 aliphatic rings. The number of halogens is 1. The van der Waals surface area contributed by atoms with Gasteiger partial charge in [-0.05, 0) is 35.2 Å². The lowest BCUT2D eigenvalue weighted by Gasteiger charge is -2.19. The second kappa shape index (κ2) is 5.74. The van der Waals surface area contributed by atoms with E-state index in [0.29, 0.717) is 5.69 Å². The van der Waals surface area contributed by atoms with Crippen molar-refractivity contribution in [2.75, 3.05) is 5.32 Å². The Morgan fingerprint density at radius 1 is 1.10 bits per heavy atom. The topological polar surface area (TPSA) is 55.2 Å². The number of nitrogens with zero attached hydrogens (tertiary/aromatic N) is 1. The molecule has 0 aromatic heterocycles. The van der Waals surface area contributed by atoms with Gasteiger partial charge in [0.2, 0.25) is 0 Å². The standard InChI is InChI=1S/C16H17ClN2O2/c1-16(2,3)11-7-9-12(10-8-11)18-14-6-4-5-13(17)15(14)19(20)21/h4-10,18H,1-3H3. The molecule has 4 nitrogen and oxygen atoms in total. The van der Waals surface area contributed by atoms with Crippen molar-refractivity contribution in [3.8, 4) is 0 Å². The van der Waals surface area contributed by atoms with E-state index >= 15 is 0 Å². The van der Waals surface area contributed by atoms with Crippen LogP contribution in [0, 0.1) is 10.1 Å². The lowest BCUT2D eigenvalue weighted by molar-refractivity contribution is -0.383. The Morgan fingerprint density at radius 3 is 2.24 bits per heavy atom. The summed E-state index contributed by atoms with van der Waals surface area (Å²) in [6.45, 7) is 6.41. The van der Waals surface area contributed by atoms with Crippen LogP contribution in [-0.4, -0.2) is 4.92 Å². The van der Waals surface area contributed by atoms with Gasteiger partial charge in [-0.2, -0.15) is 0 Å². The SMILES string of the molecule is CC(C)(C)c1ccc(Nc2cccc(Cl)c2[N+](=O)[O-])cc1. The third-order valence-electron chi connectivity index (χ3n) is 3.20. The molecule has 5 heteroatoms. The predicted molar refractivity (Wildman–Crippen MR) is 86.5 cm³/mol. The summed E-state index contributed by atoms with van der Waals surface area (Å²) in [5, 5.41) is 14.3. The molecule has 2 aromatic rings. The van der Waals surface area contributed by atoms with Gasteiger partial charge in [0.05, 0.1) is 4.92 Å². The number of nitro benzene ring substituents is 1. The zero-order valence-corrected chi connectivity index (χ0v) is 12.9. The Bertz CT molecular complexity index is 661. The highest BCUT2D eigenvalue weighted by Gasteiger charge is 2.18. The molecular weight excluding hydrogens is 288 g/mol. The quantitative estimate of drug-likeness (QED) is 0.619. The number of nitro groups is 1. The van der Waals surface area contributed by atoms with Crippen LogP contribution in [0.3, 0.4) is 0 Å². The van der Waals surface area contributed by atoms with Crippen molar-refractivity contribution in [2.24, 2.45) is 0 Å². The van der Waals surface area contributed by atoms with Crippen molar-refractivity contribution in [2.45, 2.75) is 26.2 Å². The summed E-state index contributed by atoms with van der Waals surface area (Å²) in [5.74, 6) is 0. The maximum Gasteiger partial charge on any atom is 0.311 e. The summed E-state index contributed by atoms with van der Waals surface area (Å²) in [4.78, 5) is 10.6. The Kier molecular flexibility index (Phi) is 4.19. The first kappa shape index (κ1) is 15.3. The van der Waals surface area contributed by atoms with Crippen LogP contribution in [0.5, 0.6) is 0 Å². The molecule has 0 unspecified atom stereocenters. The normalized spacial score (nSPS) is 11.2. The molecule has 21 heavy (non-hydrogen) atoms. The zero-order valence-electron chi connectivity index (χ0n) is 12.2. The van der Waals surface area contributed by atoms with Gasteiger partial charge in [0.1, 0.15) is 10.7 Å². The highest BCUT2D eigenvalue weighted by atomic mass is 35.5. The maximum absolute atomic E-state index is 11.1. The van der Waals surface area contributed by atoms with Gasteiger partial charge in [-0.3, -0.25) is 10.1 Å². The second-order valence-corrected chi connectivity index (χ2v) is 6.25. The summed E-state index contributed by atoms with van der Waals surface area (Å²) in [7, 11) is 0. The molecule has 110 valence electrons. The smallest absolute Gasteiger partial charge is 0.311 e. The van der Waals surface area contributed by atoms with Crippen LogP contribution in [0.15, 0.2) is 42.5 Å². The van der Waals surface area contributed by atoms with Gasteiger partial charge in [-0.25, -0.2) is 0 Å². The average Bonchev–Trinajstić information content (AvgIpc) is 2.38. The first-order chi connectivity index (χ1) is 9.79. The number of para-hydroxylation sites is 1. The number of benzene rings is 2. The van der Waals surface area contributed by atoms with E-state index in [0.717, 1.165) is 5.69 Å². The highest BCUT2D eigenvalue weighted by Crippen LogP contribution is 2.34. The highest BCUT2D eigenvalue weighted by molar-refractivity contribution is 6.33. The van der Waals surface area contributed by atoms with Crippen molar-refractivity contribution >= 4 is 28.7 Å². The van der Waals surface area contributed by atoms with E-state index in [1.165, 1.54) is 11.6 Å². The third-order valence-corrected chi connectivity index (χ3v) is 3.50. The van der Waals surface area contributed by atoms with Crippen molar-refractivity contribution in [3.63, 3.8) is 0 Å². The summed E-state index contributed by atoms with van der Waals surface area (Å²) in [6, 6.07) is 12.7. The fourth-order valence-electron chi connectivity index (χ4n) is 2.01. The average molecular weight is 305 g/mol. The van der Waals surface area contributed by atoms with Gasteiger partial charge in [0.15, 0.2) is 0 Å². The molecular formula is C16H17ClN2O2. The predicted octanol–water partition coefficient (Wildman–Crippen LogP) is 5.29. The molecule has 0 saturated carbocycles. The number of hydrogen-bond donors (Lipinski definition) is 1. The molecule has 0 bridgehead atoms. The first-order valence-corrected chi connectivity index (χ1v) is 6.97. The number of rotatable bonds is 3. The maximum atomic E-state index is 11.1. The van der Waals surface area contributed by atoms with Crippen LogP contribution >= 0.6 is 11.6 Å². The van der Waals surface area contributed by atoms with Crippen molar-refractivity contribution in [3.05, 3.63) is 63.2 Å². The van der Waals surface area contributed by atoms with Gasteiger partial charge in [-0.1, -0.05) is 50.6 Å². The van der Waals surface area contributed by atoms with Crippen molar-refractivity contribution in [1.82, 2.24) is 0 Å². The lowest BCUT2D eigenvalue weighted by Crippen LogP contribution is -2.10. The Labute approximate surface area is 128 Å². The molecule has 0 aliphatic heterocycles. The molecule has 0 radical (unpaired) electrons. The number of anilines is 2. The van der Waals surface area contributed by atoms with Crippen molar-refractivity contribution in [1.29, 1.82) is 0 Å². The van der Waals surface area contributed by atoms with Crippen LogP contribution in [0.1, 0.15) is 26.3 Å². The molecule has 0 fully saturated rings. The van der Waals surface area contributed by atoms with Crippen molar-refractivity contribution < 1.29 is 4.92 Å². The van der Waals surface area contributed by atoms with E-state index in [9.17, 15) is 10.1 Å². The van der Waals surface area contributed by atoms with Gasteiger partial charge in [0, 0.05) is 5.69 Å². The second-order valence-electron chi connectivity index (χ2n) is 5.85. The Morgan fingerprint density at radius 2 is 1.71 bits per heavy atom. The Balaban J connectivity index is 2.31. The number of nitrogens with one attached hydrogen (secondary N) is 1. The fourth-order valence-corrected chi connectivity index (χ4v) is 2.25. The minimum absolute atomic E-state index is 0.0700. The zero-order chi connectivity index (χ0) is 15.6. The molecule has 0 atom stereocenters. The molecule has 0 saturated heterocycles. The van der Waals surface area contributed by atoms with E-state index in [1.54, 1.807) is 12.1 Å². The number of hydrogen-bond acceptors (Lipinski definition) is 3. The van der Waals surface area contributed by atoms with Crippen LogP contribution in [0.25, 0.3) is 0 Å². The molecule has 2 rings (SSSR count). The monoisotopic (exact) mass is 304 g/mol. The fraction of sp³-hybridized carbons (Fsp3) is 0.250. The van der Waals surface area contributed by atoms with Gasteiger partial charge in [0.25, 0.3) is 0 Å². The largest absolute Gasteiger partial charge is 0.350 e. The minimum atomic E-state index is -0.478. The van der Waals surface area contributed by atoms with E-state index in [2.05, 4.69) is 26.1 Å². The van der Waals surface area contributed by atoms with E-state index < -0.39 is 4.92 Å². The van der Waals surface area contributed by atoms with Gasteiger partial charge >= 0.3 is 5.69 Å². The van der Waals surface area contributed by atoms with Crippen LogP contribution in [0.2, 0.25) is 5.02 Å². The summed E-state index contributed by atoms with van der Waals surface area (Å²) >= 11 is 5.89. The van der Waals surface area contributed by atoms with Crippen LogP contribution in [0.4, 0.5) is 17.1 Å². The van der Waals surface area contributed by atoms with Crippen LogP contribution in [-0.2, 0) is 5.41 Å². The van der Waals surface area contributed by atoms with Gasteiger partial charge in [-0.15, -0.1) is 0 Å². The first-order valence-electron chi connectivity index (χ1n) is 6.59. The molecule has 0 aliphatic carbocycles. The lowest BCUT2D eigenvalue weighted by atomic mass is 9.87. The molecule has 0 spiro atoms. The molecule has 1 N–H and O–H groups in total. The summed E-state index contributed by atoms with van der Waals surface area (Å²) < 4.78 is 0.